The first-order chi connectivity index (χ1) is 5.09. The lowest BCUT2D eigenvalue weighted by Crippen LogP contribution is -2.55. The van der Waals surface area contributed by atoms with Crippen molar-refractivity contribution in [3.63, 3.8) is 0 Å². The third-order valence-corrected chi connectivity index (χ3v) is 5.64. The van der Waals surface area contributed by atoms with Crippen molar-refractivity contribution in [3.8, 4) is 0 Å². The molecule has 1 aliphatic heterocycles. The van der Waals surface area contributed by atoms with E-state index in [0.29, 0.717) is 0 Å². The number of hydrogen-bond donors (Lipinski definition) is 0. The molecule has 0 aliphatic carbocycles. The maximum atomic E-state index is 12.6. The maximum Gasteiger partial charge on any atom is 0.123 e. The van der Waals surface area contributed by atoms with Gasteiger partial charge in [-0.2, -0.15) is 0 Å². The topological polar surface area (TPSA) is 0 Å². The summed E-state index contributed by atoms with van der Waals surface area (Å²) in [5, 5.41) is 1.44. The van der Waals surface area contributed by atoms with Crippen LogP contribution in [0.15, 0.2) is 18.2 Å². The lowest BCUT2D eigenvalue weighted by Gasteiger charge is -2.35. The van der Waals surface area contributed by atoms with Gasteiger partial charge in [-0.15, -0.1) is 0 Å². The first-order valence-electron chi connectivity index (χ1n) is 3.88. The molecule has 0 unspecified atom stereocenters. The Morgan fingerprint density at radius 2 is 2.09 bits per heavy atom. The number of benzene rings is 1. The molecule has 1 aliphatic rings. The minimum Gasteiger partial charge on any atom is -0.207 e. The van der Waals surface area contributed by atoms with Gasteiger partial charge in [0.2, 0.25) is 0 Å². The van der Waals surface area contributed by atoms with Gasteiger partial charge in [-0.1, -0.05) is 24.3 Å². The summed E-state index contributed by atoms with van der Waals surface area (Å²) < 4.78 is 12.6. The molecule has 0 spiro atoms. The summed E-state index contributed by atoms with van der Waals surface area (Å²) in [4.78, 5) is 0. The molecule has 0 nitrogen and oxygen atoms in total. The number of fused-ring (bicyclic) bond motifs is 1. The zero-order valence-electron chi connectivity index (χ0n) is 6.82. The monoisotopic (exact) mass is 166 g/mol. The molecule has 0 N–H and O–H groups in total. The van der Waals surface area contributed by atoms with Crippen LogP contribution in [0.5, 0.6) is 0 Å². The summed E-state index contributed by atoms with van der Waals surface area (Å²) in [5.41, 5.74) is 1.24. The Bertz CT molecular complexity index is 304. The van der Waals surface area contributed by atoms with Gasteiger partial charge in [-0.25, -0.2) is 4.39 Å². The molecule has 1 aromatic carbocycles. The molecule has 0 saturated heterocycles. The number of halogens is 1. The van der Waals surface area contributed by atoms with Crippen LogP contribution in [0, 0.1) is 5.82 Å². The molecule has 0 fully saturated rings. The molecule has 0 aromatic heterocycles. The van der Waals surface area contributed by atoms with Gasteiger partial charge < -0.3 is 0 Å². The summed E-state index contributed by atoms with van der Waals surface area (Å²) in [7, 11) is -1.06. The SMILES string of the molecule is C[Si]1(C)Cc2cc(F)ccc21. The normalized spacial score (nSPS) is 18.8. The lowest BCUT2D eigenvalue weighted by molar-refractivity contribution is 0.626. The summed E-state index contributed by atoms with van der Waals surface area (Å²) in [6.07, 6.45) is 0. The van der Waals surface area contributed by atoms with Gasteiger partial charge in [0.1, 0.15) is 5.82 Å². The van der Waals surface area contributed by atoms with E-state index >= 15 is 0 Å². The number of hydrogen-bond acceptors (Lipinski definition) is 0. The first kappa shape index (κ1) is 7.04. The summed E-state index contributed by atoms with van der Waals surface area (Å²) in [6, 6.07) is 6.36. The predicted molar refractivity (Wildman–Crippen MR) is 47.2 cm³/mol. The van der Waals surface area contributed by atoms with E-state index in [1.807, 2.05) is 6.07 Å². The molecule has 0 bridgehead atoms. The summed E-state index contributed by atoms with van der Waals surface area (Å²) in [6.45, 7) is 4.65. The Morgan fingerprint density at radius 1 is 1.36 bits per heavy atom. The molecular weight excluding hydrogens is 155 g/mol. The van der Waals surface area contributed by atoms with Crippen molar-refractivity contribution in [2.75, 3.05) is 0 Å². The van der Waals surface area contributed by atoms with Crippen molar-refractivity contribution in [3.05, 3.63) is 29.6 Å². The highest BCUT2D eigenvalue weighted by atomic mass is 28.3. The van der Waals surface area contributed by atoms with Crippen LogP contribution in [-0.4, -0.2) is 8.07 Å². The Balaban J connectivity index is 2.51. The molecule has 2 heteroatoms. The molecular formula is C9H11FSi. The third-order valence-electron chi connectivity index (χ3n) is 2.43. The van der Waals surface area contributed by atoms with Crippen molar-refractivity contribution in [1.82, 2.24) is 0 Å². The van der Waals surface area contributed by atoms with Gasteiger partial charge in [-0.3, -0.25) is 0 Å². The Kier molecular flexibility index (Phi) is 1.24. The van der Waals surface area contributed by atoms with Crippen LogP contribution in [0.3, 0.4) is 0 Å². The second-order valence-electron chi connectivity index (χ2n) is 3.86. The lowest BCUT2D eigenvalue weighted by atomic mass is 10.2. The Hall–Kier alpha value is -0.633. The second kappa shape index (κ2) is 1.94. The fourth-order valence-electron chi connectivity index (χ4n) is 1.83. The molecule has 0 saturated carbocycles. The van der Waals surface area contributed by atoms with Crippen molar-refractivity contribution in [1.29, 1.82) is 0 Å². The van der Waals surface area contributed by atoms with E-state index in [-0.39, 0.29) is 5.82 Å². The second-order valence-corrected chi connectivity index (χ2v) is 8.52. The van der Waals surface area contributed by atoms with Gasteiger partial charge >= 0.3 is 0 Å². The van der Waals surface area contributed by atoms with Crippen LogP contribution in [0.1, 0.15) is 5.56 Å². The van der Waals surface area contributed by atoms with Crippen LogP contribution >= 0.6 is 0 Å². The Labute approximate surface area is 67.1 Å². The largest absolute Gasteiger partial charge is 0.207 e. The van der Waals surface area contributed by atoms with Gasteiger partial charge in [0.05, 0.1) is 8.07 Å². The minimum atomic E-state index is -1.06. The van der Waals surface area contributed by atoms with Gasteiger partial charge in [-0.05, 0) is 23.7 Å². The van der Waals surface area contributed by atoms with Crippen LogP contribution in [0.4, 0.5) is 4.39 Å². The van der Waals surface area contributed by atoms with Gasteiger partial charge in [0.15, 0.2) is 0 Å². The van der Waals surface area contributed by atoms with Gasteiger partial charge in [0, 0.05) is 0 Å². The zero-order valence-corrected chi connectivity index (χ0v) is 7.82. The minimum absolute atomic E-state index is 0.0896. The standard InChI is InChI=1S/C9H11FSi/c1-11(2)6-7-5-8(10)3-4-9(7)11/h3-5H,6H2,1-2H3. The quantitative estimate of drug-likeness (QED) is 0.516. The smallest absolute Gasteiger partial charge is 0.123 e. The average molecular weight is 166 g/mol. The fourth-order valence-corrected chi connectivity index (χ4v) is 4.53. The highest BCUT2D eigenvalue weighted by Gasteiger charge is 2.35. The van der Waals surface area contributed by atoms with E-state index < -0.39 is 8.07 Å². The van der Waals surface area contributed by atoms with E-state index in [1.54, 1.807) is 12.1 Å². The highest BCUT2D eigenvalue weighted by molar-refractivity contribution is 6.93. The van der Waals surface area contributed by atoms with Crippen molar-refractivity contribution in [2.24, 2.45) is 0 Å². The van der Waals surface area contributed by atoms with E-state index in [4.69, 9.17) is 0 Å². The van der Waals surface area contributed by atoms with E-state index in [9.17, 15) is 4.39 Å². The predicted octanol–water partition coefficient (Wildman–Crippen LogP) is 1.84. The van der Waals surface area contributed by atoms with Crippen LogP contribution in [-0.2, 0) is 6.04 Å². The molecule has 11 heavy (non-hydrogen) atoms. The molecule has 0 radical (unpaired) electrons. The molecule has 0 atom stereocenters. The third kappa shape index (κ3) is 0.931. The maximum absolute atomic E-state index is 12.6. The summed E-state index contributed by atoms with van der Waals surface area (Å²) >= 11 is 0. The molecule has 1 aromatic rings. The number of rotatable bonds is 0. The first-order valence-corrected chi connectivity index (χ1v) is 7.09. The molecule has 2 rings (SSSR count). The highest BCUT2D eigenvalue weighted by Crippen LogP contribution is 2.22. The van der Waals surface area contributed by atoms with Crippen molar-refractivity contribution >= 4 is 13.3 Å². The molecule has 0 amide bonds. The van der Waals surface area contributed by atoms with Crippen LogP contribution in [0.25, 0.3) is 0 Å². The average Bonchev–Trinajstić information content (AvgIpc) is 1.85. The van der Waals surface area contributed by atoms with Crippen LogP contribution < -0.4 is 5.19 Å². The van der Waals surface area contributed by atoms with E-state index in [1.165, 1.54) is 10.8 Å². The fraction of sp³-hybridized carbons (Fsp3) is 0.333. The van der Waals surface area contributed by atoms with E-state index in [0.717, 1.165) is 6.04 Å². The summed E-state index contributed by atoms with van der Waals surface area (Å²) in [5.74, 6) is -0.0896. The zero-order chi connectivity index (χ0) is 8.06. The molecule has 1 heterocycles. The van der Waals surface area contributed by atoms with Crippen molar-refractivity contribution in [2.45, 2.75) is 19.1 Å². The van der Waals surface area contributed by atoms with E-state index in [2.05, 4.69) is 13.1 Å². The van der Waals surface area contributed by atoms with Crippen LogP contribution in [0.2, 0.25) is 13.1 Å². The molecule has 58 valence electrons. The Morgan fingerprint density at radius 3 is 2.64 bits per heavy atom. The van der Waals surface area contributed by atoms with Crippen molar-refractivity contribution < 1.29 is 4.39 Å². The van der Waals surface area contributed by atoms with Gasteiger partial charge in [0.25, 0.3) is 0 Å².